The molecule has 3 heteroatoms. The molecule has 3 aromatic carbocycles. The van der Waals surface area contributed by atoms with Gasteiger partial charge in [0, 0.05) is 17.0 Å². The highest BCUT2D eigenvalue weighted by Crippen LogP contribution is 2.48. The van der Waals surface area contributed by atoms with E-state index in [0.29, 0.717) is 0 Å². The molecule has 0 fully saturated rings. The van der Waals surface area contributed by atoms with Crippen LogP contribution in [0.25, 0.3) is 0 Å². The van der Waals surface area contributed by atoms with E-state index in [1.165, 1.54) is 0 Å². The summed E-state index contributed by atoms with van der Waals surface area (Å²) in [7, 11) is 1.70. The van der Waals surface area contributed by atoms with Crippen LogP contribution in [-0.2, 0) is 5.41 Å². The monoisotopic (exact) mass is 369 g/mol. The molecule has 0 unspecified atom stereocenters. The van der Waals surface area contributed by atoms with E-state index in [-0.39, 0.29) is 5.75 Å². The lowest BCUT2D eigenvalue weighted by atomic mass is 9.67. The number of aromatic nitrogens is 1. The predicted octanol–water partition coefficient (Wildman–Crippen LogP) is 5.42. The van der Waals surface area contributed by atoms with Crippen molar-refractivity contribution in [1.82, 2.24) is 4.98 Å². The Balaban J connectivity index is 2.16. The van der Waals surface area contributed by atoms with Crippen molar-refractivity contribution in [1.29, 1.82) is 0 Å². The second kappa shape index (κ2) is 7.28. The summed E-state index contributed by atoms with van der Waals surface area (Å²) < 4.78 is 5.78. The molecule has 0 bridgehead atoms. The Morgan fingerprint density at radius 3 is 2.04 bits per heavy atom. The minimum atomic E-state index is -0.615. The smallest absolute Gasteiger partial charge is 0.123 e. The molecule has 0 aliphatic heterocycles. The number of para-hydroxylation sites is 1. The number of aromatic amines is 1. The normalized spacial score (nSPS) is 13.1. The summed E-state index contributed by atoms with van der Waals surface area (Å²) in [4.78, 5) is 3.56. The number of H-pyrrole nitrogens is 1. The van der Waals surface area contributed by atoms with Crippen LogP contribution in [0.3, 0.4) is 0 Å². The van der Waals surface area contributed by atoms with Gasteiger partial charge in [-0.15, -0.1) is 0 Å². The van der Waals surface area contributed by atoms with Crippen molar-refractivity contribution >= 4 is 0 Å². The Kier molecular flexibility index (Phi) is 4.66. The van der Waals surface area contributed by atoms with Gasteiger partial charge in [0.1, 0.15) is 11.5 Å². The van der Waals surface area contributed by atoms with Gasteiger partial charge < -0.3 is 14.8 Å². The molecule has 0 saturated carbocycles. The molecular weight excluding hydrogens is 346 g/mol. The summed E-state index contributed by atoms with van der Waals surface area (Å²) in [6.07, 6.45) is 0. The van der Waals surface area contributed by atoms with Gasteiger partial charge in [0.15, 0.2) is 0 Å². The highest BCUT2D eigenvalue weighted by Gasteiger charge is 2.41. The van der Waals surface area contributed by atoms with E-state index in [1.807, 2.05) is 36.4 Å². The maximum Gasteiger partial charge on any atom is 0.123 e. The van der Waals surface area contributed by atoms with Crippen LogP contribution < -0.4 is 4.74 Å². The lowest BCUT2D eigenvalue weighted by Crippen LogP contribution is -2.32. The van der Waals surface area contributed by atoms with E-state index >= 15 is 0 Å². The van der Waals surface area contributed by atoms with Crippen LogP contribution in [0.4, 0.5) is 0 Å². The van der Waals surface area contributed by atoms with Gasteiger partial charge in [0.2, 0.25) is 0 Å². The molecular formula is C25H23NO2. The summed E-state index contributed by atoms with van der Waals surface area (Å²) in [6, 6.07) is 30.1. The van der Waals surface area contributed by atoms with Crippen LogP contribution in [0.15, 0.2) is 91.0 Å². The van der Waals surface area contributed by atoms with Gasteiger partial charge >= 0.3 is 0 Å². The Hall–Kier alpha value is -3.46. The first-order chi connectivity index (χ1) is 13.7. The van der Waals surface area contributed by atoms with E-state index < -0.39 is 5.41 Å². The number of aryl methyl sites for hydroxylation is 1. The number of rotatable bonds is 5. The minimum Gasteiger partial charge on any atom is -0.508 e. The fourth-order valence-electron chi connectivity index (χ4n) is 4.01. The van der Waals surface area contributed by atoms with Gasteiger partial charge in [-0.2, -0.15) is 0 Å². The summed E-state index contributed by atoms with van der Waals surface area (Å²) in [6.45, 7) is 2.05. The number of benzene rings is 3. The number of phenols is 1. The molecule has 0 spiro atoms. The van der Waals surface area contributed by atoms with Crippen molar-refractivity contribution in [2.45, 2.75) is 12.3 Å². The van der Waals surface area contributed by atoms with Gasteiger partial charge in [-0.05, 0) is 48.4 Å². The first kappa shape index (κ1) is 17.9. The second-order valence-electron chi connectivity index (χ2n) is 6.92. The lowest BCUT2D eigenvalue weighted by molar-refractivity contribution is 0.404. The number of phenolic OH excluding ortho intramolecular Hbond substituents is 1. The van der Waals surface area contributed by atoms with E-state index in [9.17, 15) is 5.11 Å². The largest absolute Gasteiger partial charge is 0.508 e. The molecule has 28 heavy (non-hydrogen) atoms. The van der Waals surface area contributed by atoms with Crippen molar-refractivity contribution in [2.75, 3.05) is 7.11 Å². The van der Waals surface area contributed by atoms with Crippen LogP contribution in [-0.4, -0.2) is 17.2 Å². The number of hydrogen-bond donors (Lipinski definition) is 2. The van der Waals surface area contributed by atoms with Crippen molar-refractivity contribution in [3.05, 3.63) is 119 Å². The molecule has 4 aromatic rings. The Labute approximate surface area is 165 Å². The molecule has 1 heterocycles. The zero-order valence-corrected chi connectivity index (χ0v) is 16.0. The van der Waals surface area contributed by atoms with Crippen LogP contribution >= 0.6 is 0 Å². The third-order valence-corrected chi connectivity index (χ3v) is 5.25. The molecule has 0 saturated heterocycles. The second-order valence-corrected chi connectivity index (χ2v) is 6.92. The zero-order valence-electron chi connectivity index (χ0n) is 16.0. The number of nitrogens with one attached hydrogen (secondary N) is 1. The highest BCUT2D eigenvalue weighted by atomic mass is 16.5. The van der Waals surface area contributed by atoms with Crippen molar-refractivity contribution in [2.24, 2.45) is 0 Å². The van der Waals surface area contributed by atoms with Crippen LogP contribution in [0.2, 0.25) is 0 Å². The number of ether oxygens (including phenoxy) is 1. The molecule has 1 aromatic heterocycles. The van der Waals surface area contributed by atoms with E-state index in [1.54, 1.807) is 19.2 Å². The Morgan fingerprint density at radius 1 is 0.750 bits per heavy atom. The maximum absolute atomic E-state index is 9.91. The highest BCUT2D eigenvalue weighted by molar-refractivity contribution is 5.62. The zero-order chi connectivity index (χ0) is 19.6. The average molecular weight is 369 g/mol. The molecule has 0 aliphatic carbocycles. The Bertz CT molecular complexity index is 1070. The molecule has 0 aliphatic rings. The van der Waals surface area contributed by atoms with Crippen LogP contribution in [0, 0.1) is 6.92 Å². The lowest BCUT2D eigenvalue weighted by Gasteiger charge is -2.36. The third-order valence-electron chi connectivity index (χ3n) is 5.25. The molecule has 2 N–H and O–H groups in total. The van der Waals surface area contributed by atoms with Gasteiger partial charge in [-0.25, -0.2) is 0 Å². The van der Waals surface area contributed by atoms with Crippen molar-refractivity contribution < 1.29 is 9.84 Å². The molecule has 1 atom stereocenters. The van der Waals surface area contributed by atoms with E-state index in [2.05, 4.69) is 54.4 Å². The summed E-state index contributed by atoms with van der Waals surface area (Å²) in [5.74, 6) is 1.06. The quantitative estimate of drug-likeness (QED) is 0.461. The fraction of sp³-hybridized carbons (Fsp3) is 0.120. The predicted molar refractivity (Wildman–Crippen MR) is 112 cm³/mol. The van der Waals surface area contributed by atoms with Gasteiger partial charge in [-0.3, -0.25) is 0 Å². The van der Waals surface area contributed by atoms with E-state index in [4.69, 9.17) is 4.74 Å². The first-order valence-corrected chi connectivity index (χ1v) is 9.31. The van der Waals surface area contributed by atoms with E-state index in [0.717, 1.165) is 33.8 Å². The average Bonchev–Trinajstić information content (AvgIpc) is 3.17. The van der Waals surface area contributed by atoms with Gasteiger partial charge in [-0.1, -0.05) is 60.7 Å². The first-order valence-electron chi connectivity index (χ1n) is 9.31. The number of aromatic hydroxyl groups is 1. The number of hydrogen-bond acceptors (Lipinski definition) is 2. The van der Waals surface area contributed by atoms with Crippen LogP contribution in [0.5, 0.6) is 11.5 Å². The van der Waals surface area contributed by atoms with Crippen molar-refractivity contribution in [3.63, 3.8) is 0 Å². The standard InChI is InChI=1S/C25H23NO2/c1-18-12-17-24(26-18)25(19-8-4-3-5-9-19,20-13-15-21(27)16-14-20)22-10-6-7-11-23(22)28-2/h3-17,26-27H,1-2H3/t25-/m1/s1. The summed E-state index contributed by atoms with van der Waals surface area (Å²) in [5.41, 5.74) is 4.72. The molecule has 3 nitrogen and oxygen atoms in total. The fourth-order valence-corrected chi connectivity index (χ4v) is 4.01. The van der Waals surface area contributed by atoms with Gasteiger partial charge in [0.05, 0.1) is 12.5 Å². The van der Waals surface area contributed by atoms with Crippen LogP contribution in [0.1, 0.15) is 28.1 Å². The molecule has 0 amide bonds. The third kappa shape index (κ3) is 2.85. The summed E-state index contributed by atoms with van der Waals surface area (Å²) in [5, 5.41) is 9.91. The SMILES string of the molecule is COc1ccccc1[C@@](c1ccccc1)(c1ccc(O)cc1)c1ccc(C)[nH]1. The summed E-state index contributed by atoms with van der Waals surface area (Å²) >= 11 is 0. The Morgan fingerprint density at radius 2 is 1.39 bits per heavy atom. The van der Waals surface area contributed by atoms with Gasteiger partial charge in [0.25, 0.3) is 0 Å². The minimum absolute atomic E-state index is 0.244. The molecule has 140 valence electrons. The molecule has 0 radical (unpaired) electrons. The van der Waals surface area contributed by atoms with Crippen molar-refractivity contribution in [3.8, 4) is 11.5 Å². The topological polar surface area (TPSA) is 45.2 Å². The number of methoxy groups -OCH3 is 1. The maximum atomic E-state index is 9.91. The molecule has 4 rings (SSSR count).